The van der Waals surface area contributed by atoms with E-state index >= 15 is 0 Å². The summed E-state index contributed by atoms with van der Waals surface area (Å²) >= 11 is 1.81. The fourth-order valence-corrected chi connectivity index (χ4v) is 4.15. The van der Waals surface area contributed by atoms with Gasteiger partial charge in [-0.05, 0) is 29.6 Å². The molecule has 1 aliphatic heterocycles. The second kappa shape index (κ2) is 8.47. The van der Waals surface area contributed by atoms with Crippen molar-refractivity contribution in [2.45, 2.75) is 6.04 Å². The summed E-state index contributed by atoms with van der Waals surface area (Å²) in [5.74, 6) is 0.953. The van der Waals surface area contributed by atoms with Crippen LogP contribution in [0.4, 0.5) is 0 Å². The Bertz CT molecular complexity index is 695. The van der Waals surface area contributed by atoms with Crippen molar-refractivity contribution in [1.82, 2.24) is 0 Å². The van der Waals surface area contributed by atoms with E-state index < -0.39 is 0 Å². The Labute approximate surface area is 153 Å². The highest BCUT2D eigenvalue weighted by atomic mass is 32.1. The molecule has 0 saturated carbocycles. The van der Waals surface area contributed by atoms with Crippen LogP contribution in [0.15, 0.2) is 40.7 Å². The Morgan fingerprint density at radius 1 is 1.28 bits per heavy atom. The predicted octanol–water partition coefficient (Wildman–Crippen LogP) is 0.0357. The third kappa shape index (κ3) is 4.60. The number of methoxy groups -OCH3 is 1. The number of aromatic hydroxyl groups is 1. The smallest absolute Gasteiger partial charge is 0.142 e. The molecule has 0 spiro atoms. The van der Waals surface area contributed by atoms with Crippen molar-refractivity contribution in [3.05, 3.63) is 46.2 Å². The number of benzene rings is 1. The van der Waals surface area contributed by atoms with Gasteiger partial charge in [-0.2, -0.15) is 0 Å². The fraction of sp³-hybridized carbons (Fsp3) is 0.421. The molecular formula is C19H27N3O2S+2. The molecule has 1 aromatic heterocycles. The number of ether oxygens (including phenoxy) is 1. The molecule has 0 radical (unpaired) electrons. The maximum absolute atomic E-state index is 10.0. The number of phenolic OH excluding ortho intramolecular Hbond substituents is 1. The van der Waals surface area contributed by atoms with Gasteiger partial charge >= 0.3 is 0 Å². The van der Waals surface area contributed by atoms with Crippen molar-refractivity contribution in [1.29, 1.82) is 0 Å². The van der Waals surface area contributed by atoms with Crippen LogP contribution in [-0.4, -0.2) is 58.2 Å². The van der Waals surface area contributed by atoms with E-state index in [0.29, 0.717) is 11.6 Å². The Hall–Kier alpha value is -1.89. The topological polar surface area (TPSA) is 50.7 Å². The van der Waals surface area contributed by atoms with Crippen LogP contribution in [0.5, 0.6) is 11.5 Å². The molecule has 1 aliphatic rings. The number of nitrogens with one attached hydrogen (secondary N) is 2. The predicted molar refractivity (Wildman–Crippen MR) is 101 cm³/mol. The van der Waals surface area contributed by atoms with Crippen LogP contribution in [0.3, 0.4) is 0 Å². The molecule has 2 aromatic rings. The third-order valence-electron chi connectivity index (χ3n) is 4.88. The lowest BCUT2D eigenvalue weighted by molar-refractivity contribution is -1.02. The summed E-state index contributed by atoms with van der Waals surface area (Å²) in [5.41, 5.74) is 0.696. The largest absolute Gasteiger partial charge is 0.507 e. The number of hydrogen-bond acceptors (Lipinski definition) is 4. The maximum Gasteiger partial charge on any atom is 0.142 e. The molecule has 1 fully saturated rings. The molecule has 1 saturated heterocycles. The van der Waals surface area contributed by atoms with Crippen LogP contribution in [0.25, 0.3) is 0 Å². The Morgan fingerprint density at radius 2 is 2.08 bits per heavy atom. The highest BCUT2D eigenvalue weighted by Crippen LogP contribution is 2.21. The second-order valence-corrected chi connectivity index (χ2v) is 7.58. The lowest BCUT2D eigenvalue weighted by Crippen LogP contribution is -3.27. The summed E-state index contributed by atoms with van der Waals surface area (Å²) in [6, 6.07) is 9.92. The molecule has 2 heterocycles. The molecular weight excluding hydrogens is 334 g/mol. The molecule has 0 bridgehead atoms. The summed E-state index contributed by atoms with van der Waals surface area (Å²) in [7, 11) is 3.89. The van der Waals surface area contributed by atoms with Crippen LogP contribution >= 0.6 is 11.3 Å². The molecule has 0 aliphatic carbocycles. The summed E-state index contributed by atoms with van der Waals surface area (Å²) < 4.78 is 5.22. The molecule has 25 heavy (non-hydrogen) atoms. The fourth-order valence-electron chi connectivity index (χ4n) is 3.28. The second-order valence-electron chi connectivity index (χ2n) is 6.60. The van der Waals surface area contributed by atoms with E-state index in [1.165, 1.54) is 31.1 Å². The van der Waals surface area contributed by atoms with Gasteiger partial charge in [0.15, 0.2) is 0 Å². The number of hydrogen-bond donors (Lipinski definition) is 3. The number of aliphatic imine (C=N–C) groups is 1. The number of likely N-dealkylation sites (N-methyl/N-ethyl adjacent to an activating group) is 1. The van der Waals surface area contributed by atoms with Gasteiger partial charge in [-0.25, -0.2) is 0 Å². The van der Waals surface area contributed by atoms with Crippen molar-refractivity contribution in [3.8, 4) is 11.5 Å². The standard InChI is InChI=1S/C19H25N3O2S/c1-21-7-9-22(10-8-21)17(19-4-3-11-25-19)14-20-13-15-12-16(24-2)5-6-18(15)23/h3-6,11-13,17,23H,7-10,14H2,1-2H3/p+2/t17-/m1/s1. The van der Waals surface area contributed by atoms with Gasteiger partial charge in [-0.15, -0.1) is 11.3 Å². The summed E-state index contributed by atoms with van der Waals surface area (Å²) in [5, 5.41) is 12.1. The molecule has 0 unspecified atom stereocenters. The van der Waals surface area contributed by atoms with E-state index in [2.05, 4.69) is 29.6 Å². The zero-order valence-electron chi connectivity index (χ0n) is 14.9. The van der Waals surface area contributed by atoms with Gasteiger partial charge in [-0.3, -0.25) is 4.99 Å². The van der Waals surface area contributed by atoms with Gasteiger partial charge < -0.3 is 19.6 Å². The Kier molecular flexibility index (Phi) is 6.07. The Morgan fingerprint density at radius 3 is 2.76 bits per heavy atom. The summed E-state index contributed by atoms with van der Waals surface area (Å²) in [4.78, 5) is 9.28. The van der Waals surface area contributed by atoms with Crippen molar-refractivity contribution < 1.29 is 19.6 Å². The number of phenols is 1. The number of piperazine rings is 1. The maximum atomic E-state index is 10.0. The zero-order valence-corrected chi connectivity index (χ0v) is 15.7. The van der Waals surface area contributed by atoms with E-state index in [4.69, 9.17) is 4.74 Å². The first-order chi connectivity index (χ1) is 12.2. The van der Waals surface area contributed by atoms with Crippen LogP contribution in [-0.2, 0) is 0 Å². The minimum atomic E-state index is 0.229. The normalized spacial score (nSPS) is 22.2. The first kappa shape index (κ1) is 17.9. The Balaban J connectivity index is 1.72. The van der Waals surface area contributed by atoms with Crippen molar-refractivity contribution in [3.63, 3.8) is 0 Å². The lowest BCUT2D eigenvalue weighted by Gasteiger charge is -2.32. The van der Waals surface area contributed by atoms with Crippen molar-refractivity contribution >= 4 is 17.6 Å². The molecule has 1 atom stereocenters. The van der Waals surface area contributed by atoms with E-state index in [0.717, 1.165) is 12.3 Å². The van der Waals surface area contributed by atoms with Crippen LogP contribution in [0.2, 0.25) is 0 Å². The van der Waals surface area contributed by atoms with Crippen LogP contribution < -0.4 is 14.5 Å². The van der Waals surface area contributed by atoms with Crippen LogP contribution in [0, 0.1) is 0 Å². The number of thiophene rings is 1. The summed E-state index contributed by atoms with van der Waals surface area (Å²) in [6.45, 7) is 5.49. The van der Waals surface area contributed by atoms with Gasteiger partial charge in [0.25, 0.3) is 0 Å². The number of rotatable bonds is 6. The third-order valence-corrected chi connectivity index (χ3v) is 5.86. The molecule has 6 heteroatoms. The highest BCUT2D eigenvalue weighted by molar-refractivity contribution is 7.10. The van der Waals surface area contributed by atoms with E-state index in [9.17, 15) is 5.11 Å². The summed E-state index contributed by atoms with van der Waals surface area (Å²) in [6.07, 6.45) is 1.76. The minimum Gasteiger partial charge on any atom is -0.507 e. The SMILES string of the molecule is COc1ccc(O)c(C=NC[C@H](c2cccs2)[NH+]2CC[NH+](C)CC2)c1. The quantitative estimate of drug-likeness (QED) is 0.636. The molecule has 1 aromatic carbocycles. The number of quaternary nitrogens is 2. The zero-order chi connectivity index (χ0) is 17.6. The molecule has 5 nitrogen and oxygen atoms in total. The van der Waals surface area contributed by atoms with E-state index in [1.807, 2.05) is 17.4 Å². The monoisotopic (exact) mass is 361 g/mol. The minimum absolute atomic E-state index is 0.229. The van der Waals surface area contributed by atoms with Gasteiger partial charge in [0.05, 0.1) is 25.6 Å². The first-order valence-corrected chi connectivity index (χ1v) is 9.61. The van der Waals surface area contributed by atoms with Crippen LogP contribution in [0.1, 0.15) is 16.5 Å². The first-order valence-electron chi connectivity index (χ1n) is 8.73. The average molecular weight is 362 g/mol. The highest BCUT2D eigenvalue weighted by Gasteiger charge is 2.29. The molecule has 134 valence electrons. The van der Waals surface area contributed by atoms with Gasteiger partial charge in [0.2, 0.25) is 0 Å². The average Bonchev–Trinajstić information content (AvgIpc) is 3.15. The van der Waals surface area contributed by atoms with Gasteiger partial charge in [0.1, 0.15) is 43.7 Å². The van der Waals surface area contributed by atoms with Gasteiger partial charge in [-0.1, -0.05) is 6.07 Å². The number of nitrogens with zero attached hydrogens (tertiary/aromatic N) is 1. The molecule has 3 rings (SSSR count). The van der Waals surface area contributed by atoms with E-state index in [-0.39, 0.29) is 5.75 Å². The van der Waals surface area contributed by atoms with E-state index in [1.54, 1.807) is 35.3 Å². The van der Waals surface area contributed by atoms with Crippen molar-refractivity contribution in [2.24, 2.45) is 4.99 Å². The van der Waals surface area contributed by atoms with Crippen molar-refractivity contribution in [2.75, 3.05) is 46.9 Å². The molecule has 0 amide bonds. The van der Waals surface area contributed by atoms with Gasteiger partial charge in [0, 0.05) is 11.8 Å². The molecule has 3 N–H and O–H groups in total. The lowest BCUT2D eigenvalue weighted by atomic mass is 10.1.